The number of hydrogen-bond donors (Lipinski definition) is 1. The van der Waals surface area contributed by atoms with Crippen molar-refractivity contribution in [3.63, 3.8) is 0 Å². The van der Waals surface area contributed by atoms with Gasteiger partial charge >= 0.3 is 0 Å². The Bertz CT molecular complexity index is 1130. The molecule has 1 heterocycles. The number of anilines is 1. The highest BCUT2D eigenvalue weighted by Gasteiger charge is 2.16. The van der Waals surface area contributed by atoms with Crippen LogP contribution in [0.15, 0.2) is 97.1 Å². The van der Waals surface area contributed by atoms with Gasteiger partial charge in [-0.05, 0) is 46.9 Å². The van der Waals surface area contributed by atoms with Gasteiger partial charge in [0.1, 0.15) is 0 Å². The Morgan fingerprint density at radius 1 is 0.677 bits per heavy atom. The Labute approximate surface area is 186 Å². The molecule has 0 aliphatic rings. The molecule has 1 atom stereocenters. The fourth-order valence-corrected chi connectivity index (χ4v) is 4.11. The molecular weight excluding hydrogens is 376 g/mol. The highest BCUT2D eigenvalue weighted by atomic mass is 14.9. The van der Waals surface area contributed by atoms with E-state index in [9.17, 15) is 0 Å². The van der Waals surface area contributed by atoms with Crippen LogP contribution in [0.4, 0.5) is 5.69 Å². The van der Waals surface area contributed by atoms with Crippen molar-refractivity contribution in [3.8, 4) is 11.3 Å². The second-order valence-corrected chi connectivity index (χ2v) is 8.33. The summed E-state index contributed by atoms with van der Waals surface area (Å²) in [5.74, 6) is 0.736. The van der Waals surface area contributed by atoms with E-state index in [4.69, 9.17) is 4.98 Å². The Kier molecular flexibility index (Phi) is 6.47. The van der Waals surface area contributed by atoms with Gasteiger partial charge in [-0.25, -0.2) is 0 Å². The second kappa shape index (κ2) is 9.61. The molecule has 0 aliphatic heterocycles. The molecule has 0 saturated carbocycles. The molecular formula is C29H30N2. The molecule has 1 aromatic heterocycles. The molecule has 1 unspecified atom stereocenters. The molecule has 0 radical (unpaired) electrons. The topological polar surface area (TPSA) is 24.9 Å². The standard InChI is InChI=1S/C29H30N2/c1-21(2)25-15-9-10-16-26(25)22(3)28-18-11-19-29(31-28)27-17-8-7-12-23(27)20-30-24-13-5-4-6-14-24/h4-19,21-22,30H,20H2,1-3H3. The van der Waals surface area contributed by atoms with Crippen LogP contribution in [-0.2, 0) is 6.54 Å². The van der Waals surface area contributed by atoms with Crippen molar-refractivity contribution in [2.24, 2.45) is 0 Å². The van der Waals surface area contributed by atoms with Gasteiger partial charge in [0.15, 0.2) is 0 Å². The first kappa shape index (κ1) is 20.9. The van der Waals surface area contributed by atoms with Crippen molar-refractivity contribution in [2.45, 2.75) is 39.2 Å². The number of hydrogen-bond acceptors (Lipinski definition) is 2. The molecule has 0 aliphatic carbocycles. The van der Waals surface area contributed by atoms with Gasteiger partial charge in [-0.3, -0.25) is 4.98 Å². The lowest BCUT2D eigenvalue weighted by atomic mass is 9.88. The predicted molar refractivity (Wildman–Crippen MR) is 131 cm³/mol. The highest BCUT2D eigenvalue weighted by Crippen LogP contribution is 2.31. The molecule has 0 fully saturated rings. The first-order valence-electron chi connectivity index (χ1n) is 11.1. The molecule has 1 N–H and O–H groups in total. The highest BCUT2D eigenvalue weighted by molar-refractivity contribution is 5.64. The van der Waals surface area contributed by atoms with Crippen LogP contribution in [0.25, 0.3) is 11.3 Å². The van der Waals surface area contributed by atoms with Crippen molar-refractivity contribution < 1.29 is 0 Å². The van der Waals surface area contributed by atoms with Crippen LogP contribution in [-0.4, -0.2) is 4.98 Å². The van der Waals surface area contributed by atoms with Crippen LogP contribution in [0.2, 0.25) is 0 Å². The minimum Gasteiger partial charge on any atom is -0.381 e. The fourth-order valence-electron chi connectivity index (χ4n) is 4.11. The quantitative estimate of drug-likeness (QED) is 0.341. The zero-order valence-electron chi connectivity index (χ0n) is 18.5. The molecule has 31 heavy (non-hydrogen) atoms. The van der Waals surface area contributed by atoms with E-state index in [1.165, 1.54) is 22.3 Å². The Hall–Kier alpha value is -3.39. The number of para-hydroxylation sites is 1. The summed E-state index contributed by atoms with van der Waals surface area (Å²) in [6.45, 7) is 7.53. The average Bonchev–Trinajstić information content (AvgIpc) is 2.83. The lowest BCUT2D eigenvalue weighted by molar-refractivity contribution is 0.798. The second-order valence-electron chi connectivity index (χ2n) is 8.33. The zero-order chi connectivity index (χ0) is 21.6. The Morgan fingerprint density at radius 2 is 1.35 bits per heavy atom. The molecule has 2 nitrogen and oxygen atoms in total. The normalized spacial score (nSPS) is 12.0. The third-order valence-corrected chi connectivity index (χ3v) is 5.85. The molecule has 3 aromatic carbocycles. The summed E-state index contributed by atoms with van der Waals surface area (Å²) in [6.07, 6.45) is 0. The number of aromatic nitrogens is 1. The van der Waals surface area contributed by atoms with E-state index < -0.39 is 0 Å². The SMILES string of the molecule is CC(C)c1ccccc1C(C)c1cccc(-c2ccccc2CNc2ccccc2)n1. The van der Waals surface area contributed by atoms with E-state index in [-0.39, 0.29) is 5.92 Å². The van der Waals surface area contributed by atoms with E-state index in [1.54, 1.807) is 0 Å². The van der Waals surface area contributed by atoms with Gasteiger partial charge < -0.3 is 5.32 Å². The first-order chi connectivity index (χ1) is 15.1. The Morgan fingerprint density at radius 3 is 2.13 bits per heavy atom. The minimum atomic E-state index is 0.244. The summed E-state index contributed by atoms with van der Waals surface area (Å²) in [5.41, 5.74) is 8.44. The lowest BCUT2D eigenvalue weighted by Crippen LogP contribution is -2.06. The molecule has 4 aromatic rings. The van der Waals surface area contributed by atoms with Gasteiger partial charge in [-0.2, -0.15) is 0 Å². The maximum atomic E-state index is 5.11. The summed E-state index contributed by atoms with van der Waals surface area (Å²) in [6, 6.07) is 34.0. The van der Waals surface area contributed by atoms with Gasteiger partial charge in [-0.1, -0.05) is 93.6 Å². The summed E-state index contributed by atoms with van der Waals surface area (Å²) in [4.78, 5) is 5.11. The minimum absolute atomic E-state index is 0.244. The molecule has 156 valence electrons. The number of rotatable bonds is 7. The van der Waals surface area contributed by atoms with Crippen molar-refractivity contribution >= 4 is 5.69 Å². The molecule has 4 rings (SSSR count). The average molecular weight is 407 g/mol. The third kappa shape index (κ3) is 4.86. The van der Waals surface area contributed by atoms with Crippen LogP contribution in [0, 0.1) is 0 Å². The van der Waals surface area contributed by atoms with Crippen molar-refractivity contribution in [1.29, 1.82) is 0 Å². The molecule has 0 bridgehead atoms. The summed E-state index contributed by atoms with van der Waals surface area (Å²) in [7, 11) is 0. The molecule has 2 heteroatoms. The van der Waals surface area contributed by atoms with Gasteiger partial charge in [0.2, 0.25) is 0 Å². The predicted octanol–water partition coefficient (Wildman–Crippen LogP) is 7.64. The summed E-state index contributed by atoms with van der Waals surface area (Å²) < 4.78 is 0. The zero-order valence-corrected chi connectivity index (χ0v) is 18.5. The summed E-state index contributed by atoms with van der Waals surface area (Å²) >= 11 is 0. The number of pyridine rings is 1. The maximum Gasteiger partial charge on any atom is 0.0709 e. The van der Waals surface area contributed by atoms with Crippen LogP contribution in [0.5, 0.6) is 0 Å². The first-order valence-corrected chi connectivity index (χ1v) is 11.1. The molecule has 0 spiro atoms. The smallest absolute Gasteiger partial charge is 0.0709 e. The van der Waals surface area contributed by atoms with E-state index in [1.807, 2.05) is 6.07 Å². The van der Waals surface area contributed by atoms with Gasteiger partial charge in [0.25, 0.3) is 0 Å². The van der Waals surface area contributed by atoms with Crippen molar-refractivity contribution in [3.05, 3.63) is 119 Å². The monoisotopic (exact) mass is 406 g/mol. The third-order valence-electron chi connectivity index (χ3n) is 5.85. The van der Waals surface area contributed by atoms with Crippen LogP contribution in [0.1, 0.15) is 55.0 Å². The largest absolute Gasteiger partial charge is 0.381 e. The van der Waals surface area contributed by atoms with Gasteiger partial charge in [0, 0.05) is 29.4 Å². The van der Waals surface area contributed by atoms with Crippen LogP contribution in [0.3, 0.4) is 0 Å². The van der Waals surface area contributed by atoms with Crippen LogP contribution < -0.4 is 5.32 Å². The summed E-state index contributed by atoms with van der Waals surface area (Å²) in [5, 5.41) is 3.53. The van der Waals surface area contributed by atoms with Crippen molar-refractivity contribution in [1.82, 2.24) is 4.98 Å². The van der Waals surface area contributed by atoms with E-state index in [2.05, 4.69) is 117 Å². The van der Waals surface area contributed by atoms with Gasteiger partial charge in [-0.15, -0.1) is 0 Å². The van der Waals surface area contributed by atoms with E-state index in [0.29, 0.717) is 5.92 Å². The lowest BCUT2D eigenvalue weighted by Gasteiger charge is -2.19. The number of nitrogens with one attached hydrogen (secondary N) is 1. The fraction of sp³-hybridized carbons (Fsp3) is 0.207. The van der Waals surface area contributed by atoms with E-state index in [0.717, 1.165) is 23.6 Å². The molecule has 0 amide bonds. The van der Waals surface area contributed by atoms with Crippen molar-refractivity contribution in [2.75, 3.05) is 5.32 Å². The van der Waals surface area contributed by atoms with Crippen LogP contribution >= 0.6 is 0 Å². The van der Waals surface area contributed by atoms with E-state index >= 15 is 0 Å². The maximum absolute atomic E-state index is 5.11. The molecule has 0 saturated heterocycles. The number of benzene rings is 3. The van der Waals surface area contributed by atoms with Gasteiger partial charge in [0.05, 0.1) is 5.69 Å². The number of nitrogens with zero attached hydrogens (tertiary/aromatic N) is 1. The Balaban J connectivity index is 1.63.